The number of nitrogens with one attached hydrogen (secondary N) is 1. The summed E-state index contributed by atoms with van der Waals surface area (Å²) < 4.78 is 2.07. The maximum absolute atomic E-state index is 4.40. The Balaban J connectivity index is 1.87. The SMILES string of the molecule is CN(Cc1nccn1C)c1cccc2c1CNCC2. The minimum Gasteiger partial charge on any atom is -0.367 e. The molecular formula is C15H20N4. The zero-order chi connectivity index (χ0) is 13.2. The van der Waals surface area contributed by atoms with Crippen LogP contribution in [0.2, 0.25) is 0 Å². The summed E-state index contributed by atoms with van der Waals surface area (Å²) in [5.74, 6) is 1.09. The highest BCUT2D eigenvalue weighted by Crippen LogP contribution is 2.26. The highest BCUT2D eigenvalue weighted by molar-refractivity contribution is 5.57. The first-order valence-electron chi connectivity index (χ1n) is 6.74. The number of nitrogens with zero attached hydrogens (tertiary/aromatic N) is 3. The molecule has 0 atom stereocenters. The van der Waals surface area contributed by atoms with Gasteiger partial charge in [-0.2, -0.15) is 0 Å². The number of aryl methyl sites for hydroxylation is 1. The molecule has 19 heavy (non-hydrogen) atoms. The van der Waals surface area contributed by atoms with Crippen LogP contribution in [-0.2, 0) is 26.6 Å². The van der Waals surface area contributed by atoms with E-state index in [-0.39, 0.29) is 0 Å². The number of aromatic nitrogens is 2. The van der Waals surface area contributed by atoms with Crippen LogP contribution < -0.4 is 10.2 Å². The molecule has 1 N–H and O–H groups in total. The van der Waals surface area contributed by atoms with Gasteiger partial charge in [0, 0.05) is 38.7 Å². The Morgan fingerprint density at radius 2 is 2.32 bits per heavy atom. The van der Waals surface area contributed by atoms with Crippen molar-refractivity contribution < 1.29 is 0 Å². The largest absolute Gasteiger partial charge is 0.367 e. The molecule has 1 aromatic heterocycles. The normalized spacial score (nSPS) is 14.2. The van der Waals surface area contributed by atoms with Gasteiger partial charge in [0.25, 0.3) is 0 Å². The van der Waals surface area contributed by atoms with Crippen LogP contribution >= 0.6 is 0 Å². The number of hydrogen-bond acceptors (Lipinski definition) is 3. The van der Waals surface area contributed by atoms with Crippen LogP contribution in [0.5, 0.6) is 0 Å². The van der Waals surface area contributed by atoms with Gasteiger partial charge in [0.2, 0.25) is 0 Å². The summed E-state index contributed by atoms with van der Waals surface area (Å²) in [6.07, 6.45) is 4.97. The van der Waals surface area contributed by atoms with E-state index in [1.807, 2.05) is 19.4 Å². The molecule has 3 rings (SSSR count). The van der Waals surface area contributed by atoms with Gasteiger partial charge in [0.15, 0.2) is 0 Å². The lowest BCUT2D eigenvalue weighted by Crippen LogP contribution is -2.27. The van der Waals surface area contributed by atoms with Gasteiger partial charge in [-0.3, -0.25) is 0 Å². The third kappa shape index (κ3) is 2.36. The van der Waals surface area contributed by atoms with Gasteiger partial charge in [-0.25, -0.2) is 4.98 Å². The second-order valence-electron chi connectivity index (χ2n) is 5.15. The number of fused-ring (bicyclic) bond motifs is 1. The monoisotopic (exact) mass is 256 g/mol. The molecule has 0 radical (unpaired) electrons. The topological polar surface area (TPSA) is 33.1 Å². The van der Waals surface area contributed by atoms with Crippen molar-refractivity contribution in [3.8, 4) is 0 Å². The van der Waals surface area contributed by atoms with E-state index in [9.17, 15) is 0 Å². The molecule has 0 amide bonds. The molecule has 0 saturated carbocycles. The third-order valence-electron chi connectivity index (χ3n) is 3.83. The van der Waals surface area contributed by atoms with Gasteiger partial charge in [-0.1, -0.05) is 12.1 Å². The molecule has 2 aromatic rings. The van der Waals surface area contributed by atoms with Crippen LogP contribution in [0.25, 0.3) is 0 Å². The molecule has 4 heteroatoms. The van der Waals surface area contributed by atoms with Crippen molar-refractivity contribution >= 4 is 5.69 Å². The first kappa shape index (κ1) is 12.2. The van der Waals surface area contributed by atoms with E-state index in [1.165, 1.54) is 16.8 Å². The van der Waals surface area contributed by atoms with Crippen molar-refractivity contribution in [1.29, 1.82) is 0 Å². The lowest BCUT2D eigenvalue weighted by atomic mass is 9.99. The number of anilines is 1. The van der Waals surface area contributed by atoms with Crippen LogP contribution in [0.1, 0.15) is 17.0 Å². The smallest absolute Gasteiger partial charge is 0.127 e. The molecule has 2 heterocycles. The molecule has 0 spiro atoms. The molecule has 0 unspecified atom stereocenters. The van der Waals surface area contributed by atoms with Crippen molar-refractivity contribution in [2.24, 2.45) is 7.05 Å². The summed E-state index contributed by atoms with van der Waals surface area (Å²) in [7, 11) is 4.18. The van der Waals surface area contributed by atoms with E-state index in [0.29, 0.717) is 0 Å². The molecule has 0 saturated heterocycles. The highest BCUT2D eigenvalue weighted by atomic mass is 15.2. The maximum atomic E-state index is 4.40. The molecule has 1 aliphatic heterocycles. The summed E-state index contributed by atoms with van der Waals surface area (Å²) in [5.41, 5.74) is 4.22. The van der Waals surface area contributed by atoms with Gasteiger partial charge >= 0.3 is 0 Å². The van der Waals surface area contributed by atoms with Crippen LogP contribution in [-0.4, -0.2) is 23.1 Å². The van der Waals surface area contributed by atoms with Gasteiger partial charge in [-0.15, -0.1) is 0 Å². The molecule has 0 fully saturated rings. The molecular weight excluding hydrogens is 236 g/mol. The van der Waals surface area contributed by atoms with E-state index >= 15 is 0 Å². The summed E-state index contributed by atoms with van der Waals surface area (Å²) in [6, 6.07) is 6.61. The van der Waals surface area contributed by atoms with E-state index in [1.54, 1.807) is 0 Å². The van der Waals surface area contributed by atoms with Crippen molar-refractivity contribution in [2.75, 3.05) is 18.5 Å². The predicted molar refractivity (Wildman–Crippen MR) is 77.2 cm³/mol. The average molecular weight is 256 g/mol. The molecule has 0 aliphatic carbocycles. The van der Waals surface area contributed by atoms with Crippen molar-refractivity contribution in [3.05, 3.63) is 47.5 Å². The van der Waals surface area contributed by atoms with Gasteiger partial charge in [0.05, 0.1) is 6.54 Å². The lowest BCUT2D eigenvalue weighted by molar-refractivity contribution is 0.640. The Kier molecular flexibility index (Phi) is 3.25. The predicted octanol–water partition coefficient (Wildman–Crippen LogP) is 1.70. The standard InChI is InChI=1S/C15H20N4/c1-18-9-8-17-15(18)11-19(2)14-5-3-4-12-6-7-16-10-13(12)14/h3-5,8-9,16H,6-7,10-11H2,1-2H3. The van der Waals surface area contributed by atoms with E-state index < -0.39 is 0 Å². The van der Waals surface area contributed by atoms with E-state index in [4.69, 9.17) is 0 Å². The average Bonchev–Trinajstić information content (AvgIpc) is 2.83. The summed E-state index contributed by atoms with van der Waals surface area (Å²) in [4.78, 5) is 6.68. The molecule has 1 aliphatic rings. The summed E-state index contributed by atoms with van der Waals surface area (Å²) in [5, 5.41) is 3.46. The van der Waals surface area contributed by atoms with Crippen molar-refractivity contribution in [3.63, 3.8) is 0 Å². The fourth-order valence-electron chi connectivity index (χ4n) is 2.70. The Hall–Kier alpha value is -1.81. The van der Waals surface area contributed by atoms with Gasteiger partial charge in [0.1, 0.15) is 5.82 Å². The van der Waals surface area contributed by atoms with Gasteiger partial charge in [-0.05, 0) is 30.2 Å². The van der Waals surface area contributed by atoms with Crippen LogP contribution in [0.3, 0.4) is 0 Å². The van der Waals surface area contributed by atoms with Crippen molar-refractivity contribution in [1.82, 2.24) is 14.9 Å². The van der Waals surface area contributed by atoms with Crippen LogP contribution in [0, 0.1) is 0 Å². The first-order valence-corrected chi connectivity index (χ1v) is 6.74. The molecule has 100 valence electrons. The molecule has 0 bridgehead atoms. The number of rotatable bonds is 3. The van der Waals surface area contributed by atoms with Crippen LogP contribution in [0.4, 0.5) is 5.69 Å². The zero-order valence-corrected chi connectivity index (χ0v) is 11.6. The highest BCUT2D eigenvalue weighted by Gasteiger charge is 2.15. The maximum Gasteiger partial charge on any atom is 0.127 e. The minimum absolute atomic E-state index is 0.833. The zero-order valence-electron chi connectivity index (χ0n) is 11.6. The Morgan fingerprint density at radius 3 is 3.11 bits per heavy atom. The summed E-state index contributed by atoms with van der Waals surface area (Å²) in [6.45, 7) is 2.88. The number of imidazole rings is 1. The van der Waals surface area contributed by atoms with Crippen molar-refractivity contribution in [2.45, 2.75) is 19.5 Å². The van der Waals surface area contributed by atoms with Crippen LogP contribution in [0.15, 0.2) is 30.6 Å². The van der Waals surface area contributed by atoms with E-state index in [0.717, 1.165) is 31.9 Å². The fraction of sp³-hybridized carbons (Fsp3) is 0.400. The summed E-state index contributed by atoms with van der Waals surface area (Å²) >= 11 is 0. The third-order valence-corrected chi connectivity index (χ3v) is 3.83. The lowest BCUT2D eigenvalue weighted by Gasteiger charge is -2.26. The number of hydrogen-bond donors (Lipinski definition) is 1. The second-order valence-corrected chi connectivity index (χ2v) is 5.15. The van der Waals surface area contributed by atoms with E-state index in [2.05, 4.69) is 45.0 Å². The Labute approximate surface area is 114 Å². The Morgan fingerprint density at radius 1 is 1.42 bits per heavy atom. The Bertz CT molecular complexity index is 573. The second kappa shape index (κ2) is 5.05. The minimum atomic E-state index is 0.833. The van der Waals surface area contributed by atoms with Gasteiger partial charge < -0.3 is 14.8 Å². The quantitative estimate of drug-likeness (QED) is 0.907. The molecule has 4 nitrogen and oxygen atoms in total. The molecule has 1 aromatic carbocycles. The first-order chi connectivity index (χ1) is 9.25. The fourth-order valence-corrected chi connectivity index (χ4v) is 2.70. The number of benzene rings is 1.